The first-order chi connectivity index (χ1) is 12.7. The number of fused-ring (bicyclic) bond motifs is 1. The number of hydrogen-bond acceptors (Lipinski definition) is 6. The van der Waals surface area contributed by atoms with Crippen molar-refractivity contribution in [3.8, 4) is 23.5 Å². The Morgan fingerprint density at radius 2 is 1.77 bits per heavy atom. The summed E-state index contributed by atoms with van der Waals surface area (Å²) >= 11 is 1.57. The topological polar surface area (TPSA) is 47.5 Å². The minimum absolute atomic E-state index is 0.496. The van der Waals surface area contributed by atoms with Gasteiger partial charge in [-0.2, -0.15) is 0 Å². The summed E-state index contributed by atoms with van der Waals surface area (Å²) in [7, 11) is 5.73. The lowest BCUT2D eigenvalue weighted by atomic mass is 10.2. The van der Waals surface area contributed by atoms with Crippen LogP contribution in [-0.4, -0.2) is 49.2 Å². The van der Waals surface area contributed by atoms with Crippen molar-refractivity contribution in [3.63, 3.8) is 0 Å². The molecule has 3 rings (SSSR count). The van der Waals surface area contributed by atoms with E-state index in [0.717, 1.165) is 35.3 Å². The van der Waals surface area contributed by atoms with E-state index in [4.69, 9.17) is 9.47 Å². The van der Waals surface area contributed by atoms with Crippen LogP contribution in [0.3, 0.4) is 0 Å². The van der Waals surface area contributed by atoms with Crippen LogP contribution in [0.5, 0.6) is 11.6 Å². The van der Waals surface area contributed by atoms with Crippen LogP contribution in [0.15, 0.2) is 35.0 Å². The molecule has 5 nitrogen and oxygen atoms in total. The van der Waals surface area contributed by atoms with Gasteiger partial charge >= 0.3 is 0 Å². The Kier molecular flexibility index (Phi) is 6.05. The number of benzene rings is 1. The Bertz CT molecular complexity index is 924. The van der Waals surface area contributed by atoms with Crippen LogP contribution < -0.4 is 9.47 Å². The van der Waals surface area contributed by atoms with E-state index in [1.54, 1.807) is 18.4 Å². The SMILES string of the molecule is COc1ccc(C#Cc2nc3cscc3nc2OCCCN(C)C)cc1. The Morgan fingerprint density at radius 1 is 1.04 bits per heavy atom. The molecule has 134 valence electrons. The number of thiophene rings is 1. The monoisotopic (exact) mass is 367 g/mol. The van der Waals surface area contributed by atoms with E-state index in [0.29, 0.717) is 18.2 Å². The Hall–Kier alpha value is -2.62. The molecule has 0 fully saturated rings. The molecular formula is C20H21N3O2S. The third-order valence-electron chi connectivity index (χ3n) is 3.68. The summed E-state index contributed by atoms with van der Waals surface area (Å²) in [4.78, 5) is 11.3. The molecule has 0 aliphatic carbocycles. The lowest BCUT2D eigenvalue weighted by molar-refractivity contribution is 0.272. The molecule has 0 saturated carbocycles. The van der Waals surface area contributed by atoms with Crippen molar-refractivity contribution >= 4 is 22.4 Å². The maximum atomic E-state index is 5.87. The van der Waals surface area contributed by atoms with Crippen LogP contribution >= 0.6 is 11.3 Å². The highest BCUT2D eigenvalue weighted by Gasteiger charge is 2.09. The number of rotatable bonds is 6. The molecule has 0 spiro atoms. The predicted octanol–water partition coefficient (Wildman–Crippen LogP) is 3.43. The molecule has 3 aromatic rings. The number of aromatic nitrogens is 2. The van der Waals surface area contributed by atoms with Crippen LogP contribution in [0.25, 0.3) is 11.0 Å². The van der Waals surface area contributed by atoms with Crippen LogP contribution in [-0.2, 0) is 0 Å². The second-order valence-electron chi connectivity index (χ2n) is 6.00. The molecule has 0 unspecified atom stereocenters. The molecule has 26 heavy (non-hydrogen) atoms. The van der Waals surface area contributed by atoms with Gasteiger partial charge in [0.05, 0.1) is 13.7 Å². The second kappa shape index (κ2) is 8.65. The van der Waals surface area contributed by atoms with Crippen molar-refractivity contribution in [2.75, 3.05) is 34.4 Å². The number of ether oxygens (including phenoxy) is 2. The summed E-state index contributed by atoms with van der Waals surface area (Å²) in [6, 6.07) is 7.60. The zero-order valence-corrected chi connectivity index (χ0v) is 16.0. The van der Waals surface area contributed by atoms with Gasteiger partial charge in [0, 0.05) is 22.9 Å². The Labute approximate surface area is 157 Å². The minimum Gasteiger partial charge on any atom is -0.497 e. The number of methoxy groups -OCH3 is 1. The highest BCUT2D eigenvalue weighted by molar-refractivity contribution is 7.09. The molecule has 0 radical (unpaired) electrons. The Morgan fingerprint density at radius 3 is 2.46 bits per heavy atom. The van der Waals surface area contributed by atoms with E-state index in [2.05, 4.69) is 26.7 Å². The zero-order chi connectivity index (χ0) is 18.4. The Balaban J connectivity index is 1.83. The van der Waals surface area contributed by atoms with E-state index < -0.39 is 0 Å². The molecular weight excluding hydrogens is 346 g/mol. The summed E-state index contributed by atoms with van der Waals surface area (Å²) in [5.41, 5.74) is 3.13. The zero-order valence-electron chi connectivity index (χ0n) is 15.2. The van der Waals surface area contributed by atoms with Gasteiger partial charge in [-0.05, 0) is 50.7 Å². The fourth-order valence-electron chi connectivity index (χ4n) is 2.32. The molecule has 0 amide bonds. The average Bonchev–Trinajstić information content (AvgIpc) is 3.10. The van der Waals surface area contributed by atoms with E-state index in [9.17, 15) is 0 Å². The second-order valence-corrected chi connectivity index (χ2v) is 6.75. The molecule has 0 N–H and O–H groups in total. The highest BCUT2D eigenvalue weighted by atomic mass is 32.1. The molecule has 0 bridgehead atoms. The molecule has 0 aliphatic rings. The normalized spacial score (nSPS) is 10.6. The van der Waals surface area contributed by atoms with E-state index >= 15 is 0 Å². The van der Waals surface area contributed by atoms with Gasteiger partial charge in [0.15, 0.2) is 5.69 Å². The van der Waals surface area contributed by atoms with Crippen molar-refractivity contribution in [1.82, 2.24) is 14.9 Å². The van der Waals surface area contributed by atoms with Crippen LogP contribution in [0.4, 0.5) is 0 Å². The van der Waals surface area contributed by atoms with Crippen LogP contribution in [0.1, 0.15) is 17.7 Å². The van der Waals surface area contributed by atoms with Gasteiger partial charge in [0.1, 0.15) is 16.8 Å². The fraction of sp³-hybridized carbons (Fsp3) is 0.300. The van der Waals surface area contributed by atoms with Gasteiger partial charge in [0.25, 0.3) is 0 Å². The van der Waals surface area contributed by atoms with Crippen LogP contribution in [0.2, 0.25) is 0 Å². The first-order valence-corrected chi connectivity index (χ1v) is 9.27. The maximum absolute atomic E-state index is 5.87. The minimum atomic E-state index is 0.496. The van der Waals surface area contributed by atoms with Crippen molar-refractivity contribution in [2.45, 2.75) is 6.42 Å². The first kappa shape index (κ1) is 18.2. The molecule has 0 atom stereocenters. The standard InChI is InChI=1S/C20H21N3O2S/c1-23(2)11-4-12-25-20-17(21-18-13-26-14-19(18)22-20)10-7-15-5-8-16(24-3)9-6-15/h5-6,8-9,13-14H,4,11-12H2,1-3H3. The summed E-state index contributed by atoms with van der Waals surface area (Å²) < 4.78 is 11.0. The molecule has 6 heteroatoms. The van der Waals surface area contributed by atoms with Gasteiger partial charge in [0.2, 0.25) is 5.88 Å². The van der Waals surface area contributed by atoms with Gasteiger partial charge < -0.3 is 14.4 Å². The molecule has 0 aliphatic heterocycles. The molecule has 2 aromatic heterocycles. The summed E-state index contributed by atoms with van der Waals surface area (Å²) in [5.74, 6) is 7.53. The quantitative estimate of drug-likeness (QED) is 0.493. The van der Waals surface area contributed by atoms with Crippen molar-refractivity contribution < 1.29 is 9.47 Å². The van der Waals surface area contributed by atoms with Crippen molar-refractivity contribution in [3.05, 3.63) is 46.3 Å². The van der Waals surface area contributed by atoms with Crippen molar-refractivity contribution in [2.24, 2.45) is 0 Å². The lowest BCUT2D eigenvalue weighted by Gasteiger charge is -2.10. The average molecular weight is 367 g/mol. The summed E-state index contributed by atoms with van der Waals surface area (Å²) in [6.45, 7) is 1.54. The number of hydrogen-bond donors (Lipinski definition) is 0. The first-order valence-electron chi connectivity index (χ1n) is 8.33. The smallest absolute Gasteiger partial charge is 0.249 e. The van der Waals surface area contributed by atoms with E-state index in [-0.39, 0.29) is 0 Å². The van der Waals surface area contributed by atoms with E-state index in [1.807, 2.05) is 49.1 Å². The lowest BCUT2D eigenvalue weighted by Crippen LogP contribution is -2.16. The highest BCUT2D eigenvalue weighted by Crippen LogP contribution is 2.21. The maximum Gasteiger partial charge on any atom is 0.249 e. The number of nitrogens with zero attached hydrogens (tertiary/aromatic N) is 3. The molecule has 0 saturated heterocycles. The predicted molar refractivity (Wildman–Crippen MR) is 105 cm³/mol. The van der Waals surface area contributed by atoms with Crippen molar-refractivity contribution in [1.29, 1.82) is 0 Å². The third kappa shape index (κ3) is 4.72. The summed E-state index contributed by atoms with van der Waals surface area (Å²) in [6.07, 6.45) is 0.918. The summed E-state index contributed by atoms with van der Waals surface area (Å²) in [5, 5.41) is 3.94. The van der Waals surface area contributed by atoms with Gasteiger partial charge in [-0.15, -0.1) is 11.3 Å². The van der Waals surface area contributed by atoms with Crippen LogP contribution in [0, 0.1) is 11.8 Å². The third-order valence-corrected chi connectivity index (χ3v) is 4.40. The van der Waals surface area contributed by atoms with Gasteiger partial charge in [-0.3, -0.25) is 0 Å². The largest absolute Gasteiger partial charge is 0.497 e. The molecule has 1 aromatic carbocycles. The van der Waals surface area contributed by atoms with E-state index in [1.165, 1.54) is 0 Å². The van der Waals surface area contributed by atoms with Gasteiger partial charge in [-0.1, -0.05) is 5.92 Å². The van der Waals surface area contributed by atoms with Gasteiger partial charge in [-0.25, -0.2) is 9.97 Å². The molecule has 2 heterocycles. The fourth-order valence-corrected chi connectivity index (χ4v) is 2.99.